The first-order valence-electron chi connectivity index (χ1n) is 11.4. The van der Waals surface area contributed by atoms with Crippen molar-refractivity contribution >= 4 is 22.2 Å². The number of anilines is 1. The molecule has 0 bridgehead atoms. The zero-order valence-electron chi connectivity index (χ0n) is 18.8. The molecule has 2 aliphatic heterocycles. The molecule has 2 unspecified atom stereocenters. The van der Waals surface area contributed by atoms with Crippen molar-refractivity contribution in [2.24, 2.45) is 0 Å². The Bertz CT molecular complexity index is 910. The van der Waals surface area contributed by atoms with E-state index in [4.69, 9.17) is 9.47 Å². The molecule has 1 saturated heterocycles. The molecule has 3 N–H and O–H groups in total. The molecule has 0 aliphatic carbocycles. The van der Waals surface area contributed by atoms with Crippen LogP contribution in [0.2, 0.25) is 0 Å². The molecule has 174 valence electrons. The number of rotatable bonds is 8. The Kier molecular flexibility index (Phi) is 7.67. The van der Waals surface area contributed by atoms with Gasteiger partial charge in [-0.2, -0.15) is 0 Å². The summed E-state index contributed by atoms with van der Waals surface area (Å²) in [5, 5.41) is 20.1. The fraction of sp³-hybridized carbons (Fsp3) is 0.542. The largest absolute Gasteiger partial charge is 0.486 e. The summed E-state index contributed by atoms with van der Waals surface area (Å²) < 4.78 is 11.7. The van der Waals surface area contributed by atoms with Crippen molar-refractivity contribution in [3.05, 3.63) is 40.8 Å². The van der Waals surface area contributed by atoms with Crippen molar-refractivity contribution in [1.29, 1.82) is 0 Å². The molecule has 3 heterocycles. The second kappa shape index (κ2) is 10.7. The standard InChI is InChI=1S/C24H33N3O4S/c1-3-17-11-24(32-15-17)26-23(29)13-27-8-6-18(7-9-27)25-12-19(28)22-14-30-20-5-4-16(2)10-21(20)31-22/h4-5,10-11,15,18-19,22,25,28H,3,6-9,12-14H2,1-2H3,(H,26,29). The minimum absolute atomic E-state index is 0.0429. The summed E-state index contributed by atoms with van der Waals surface area (Å²) in [4.78, 5) is 14.5. The molecule has 4 rings (SSSR count). The highest BCUT2D eigenvalue weighted by molar-refractivity contribution is 7.14. The molecule has 1 aromatic heterocycles. The van der Waals surface area contributed by atoms with Crippen molar-refractivity contribution < 1.29 is 19.4 Å². The Morgan fingerprint density at radius 1 is 1.28 bits per heavy atom. The number of hydrogen-bond acceptors (Lipinski definition) is 7. The summed E-state index contributed by atoms with van der Waals surface area (Å²) in [6, 6.07) is 8.20. The quantitative estimate of drug-likeness (QED) is 0.563. The smallest absolute Gasteiger partial charge is 0.239 e. The van der Waals surface area contributed by atoms with E-state index in [2.05, 4.69) is 27.8 Å². The lowest BCUT2D eigenvalue weighted by molar-refractivity contribution is -0.117. The van der Waals surface area contributed by atoms with Crippen molar-refractivity contribution in [2.45, 2.75) is 51.4 Å². The van der Waals surface area contributed by atoms with Gasteiger partial charge in [0, 0.05) is 25.7 Å². The van der Waals surface area contributed by atoms with Crippen molar-refractivity contribution in [3.63, 3.8) is 0 Å². The van der Waals surface area contributed by atoms with Crippen LogP contribution < -0.4 is 20.1 Å². The Morgan fingerprint density at radius 3 is 2.84 bits per heavy atom. The summed E-state index contributed by atoms with van der Waals surface area (Å²) in [7, 11) is 0. The van der Waals surface area contributed by atoms with Crippen LogP contribution in [-0.4, -0.2) is 66.9 Å². The molecule has 2 atom stereocenters. The minimum Gasteiger partial charge on any atom is -0.486 e. The lowest BCUT2D eigenvalue weighted by Crippen LogP contribution is -2.50. The van der Waals surface area contributed by atoms with E-state index in [1.165, 1.54) is 5.56 Å². The number of thiophene rings is 1. The summed E-state index contributed by atoms with van der Waals surface area (Å²) in [6.07, 6.45) is 1.85. The number of likely N-dealkylation sites (tertiary alicyclic amines) is 1. The molecule has 2 aliphatic rings. The van der Waals surface area contributed by atoms with Crippen LogP contribution in [0.4, 0.5) is 5.00 Å². The van der Waals surface area contributed by atoms with Crippen LogP contribution in [0.5, 0.6) is 11.5 Å². The first-order chi connectivity index (χ1) is 15.5. The normalized spacial score (nSPS) is 20.2. The number of nitrogens with zero attached hydrogens (tertiary/aromatic N) is 1. The topological polar surface area (TPSA) is 83.1 Å². The van der Waals surface area contributed by atoms with Gasteiger partial charge in [-0.25, -0.2) is 0 Å². The van der Waals surface area contributed by atoms with E-state index in [-0.39, 0.29) is 12.0 Å². The second-order valence-electron chi connectivity index (χ2n) is 8.66. The molecular formula is C24H33N3O4S. The molecule has 0 saturated carbocycles. The maximum absolute atomic E-state index is 12.3. The molecule has 1 fully saturated rings. The van der Waals surface area contributed by atoms with Gasteiger partial charge in [0.2, 0.25) is 5.91 Å². The van der Waals surface area contributed by atoms with Crippen LogP contribution in [0.25, 0.3) is 0 Å². The number of nitrogens with one attached hydrogen (secondary N) is 2. The van der Waals surface area contributed by atoms with Gasteiger partial charge in [-0.15, -0.1) is 11.3 Å². The fourth-order valence-corrected chi connectivity index (χ4v) is 5.01. The Morgan fingerprint density at radius 2 is 2.09 bits per heavy atom. The second-order valence-corrected chi connectivity index (χ2v) is 9.58. The molecule has 0 radical (unpaired) electrons. The molecule has 7 nitrogen and oxygen atoms in total. The molecule has 1 aromatic carbocycles. The number of fused-ring (bicyclic) bond motifs is 1. The lowest BCUT2D eigenvalue weighted by atomic mass is 10.0. The van der Waals surface area contributed by atoms with Gasteiger partial charge in [-0.3, -0.25) is 9.69 Å². The zero-order valence-corrected chi connectivity index (χ0v) is 19.6. The summed E-state index contributed by atoms with van der Waals surface area (Å²) in [5.74, 6) is 1.47. The third-order valence-corrected chi connectivity index (χ3v) is 7.00. The fourth-order valence-electron chi connectivity index (χ4n) is 4.11. The third kappa shape index (κ3) is 6.01. The zero-order chi connectivity index (χ0) is 22.5. The van der Waals surface area contributed by atoms with E-state index in [1.54, 1.807) is 11.3 Å². The summed E-state index contributed by atoms with van der Waals surface area (Å²) >= 11 is 1.58. The van der Waals surface area contributed by atoms with E-state index in [0.29, 0.717) is 31.5 Å². The van der Waals surface area contributed by atoms with Crippen molar-refractivity contribution in [3.8, 4) is 11.5 Å². The number of amides is 1. The molecule has 8 heteroatoms. The van der Waals surface area contributed by atoms with Crippen LogP contribution in [0.15, 0.2) is 29.6 Å². The number of piperidine rings is 1. The predicted octanol–water partition coefficient (Wildman–Crippen LogP) is 2.81. The predicted molar refractivity (Wildman–Crippen MR) is 127 cm³/mol. The first-order valence-corrected chi connectivity index (χ1v) is 12.3. The lowest BCUT2D eigenvalue weighted by Gasteiger charge is -2.34. The molecule has 32 heavy (non-hydrogen) atoms. The number of ether oxygens (including phenoxy) is 2. The average molecular weight is 460 g/mol. The van der Waals surface area contributed by atoms with Crippen molar-refractivity contribution in [1.82, 2.24) is 10.2 Å². The number of hydrogen-bond donors (Lipinski definition) is 3. The van der Waals surface area contributed by atoms with Crippen LogP contribution in [0, 0.1) is 6.92 Å². The number of aliphatic hydroxyl groups is 1. The molecule has 0 spiro atoms. The van der Waals surface area contributed by atoms with Gasteiger partial charge in [-0.1, -0.05) is 13.0 Å². The Balaban J connectivity index is 1.15. The van der Waals surface area contributed by atoms with Crippen LogP contribution in [0.1, 0.15) is 30.9 Å². The number of aryl methyl sites for hydroxylation is 2. The van der Waals surface area contributed by atoms with E-state index in [1.807, 2.05) is 31.2 Å². The van der Waals surface area contributed by atoms with Gasteiger partial charge in [0.15, 0.2) is 17.6 Å². The highest BCUT2D eigenvalue weighted by Gasteiger charge is 2.29. The molecule has 2 aromatic rings. The maximum Gasteiger partial charge on any atom is 0.239 e. The molecule has 1 amide bonds. The van der Waals surface area contributed by atoms with E-state index < -0.39 is 6.10 Å². The monoisotopic (exact) mass is 459 g/mol. The highest BCUT2D eigenvalue weighted by Crippen LogP contribution is 2.33. The Labute approximate surface area is 193 Å². The number of benzene rings is 1. The van der Waals surface area contributed by atoms with Crippen LogP contribution in [0.3, 0.4) is 0 Å². The first kappa shape index (κ1) is 23.0. The van der Waals surface area contributed by atoms with E-state index >= 15 is 0 Å². The van der Waals surface area contributed by atoms with Gasteiger partial charge in [0.25, 0.3) is 0 Å². The van der Waals surface area contributed by atoms with Crippen LogP contribution >= 0.6 is 11.3 Å². The number of aliphatic hydroxyl groups excluding tert-OH is 1. The highest BCUT2D eigenvalue weighted by atomic mass is 32.1. The summed E-state index contributed by atoms with van der Waals surface area (Å²) in [6.45, 7) is 7.06. The summed E-state index contributed by atoms with van der Waals surface area (Å²) in [5.41, 5.74) is 2.35. The minimum atomic E-state index is -0.647. The maximum atomic E-state index is 12.3. The number of carbonyl (C=O) groups is 1. The van der Waals surface area contributed by atoms with Crippen molar-refractivity contribution in [2.75, 3.05) is 38.1 Å². The SMILES string of the molecule is CCc1csc(NC(=O)CN2CCC(NCC(O)C3COc4ccc(C)cc4O3)CC2)c1. The third-order valence-electron chi connectivity index (χ3n) is 6.10. The van der Waals surface area contributed by atoms with Gasteiger partial charge in [0.1, 0.15) is 12.7 Å². The van der Waals surface area contributed by atoms with E-state index in [9.17, 15) is 9.90 Å². The van der Waals surface area contributed by atoms with Gasteiger partial charge in [-0.05, 0) is 60.9 Å². The molecular weight excluding hydrogens is 426 g/mol. The number of carbonyl (C=O) groups excluding carboxylic acids is 1. The van der Waals surface area contributed by atoms with Gasteiger partial charge in [0.05, 0.1) is 11.5 Å². The average Bonchev–Trinajstić information content (AvgIpc) is 3.25. The van der Waals surface area contributed by atoms with Gasteiger partial charge < -0.3 is 25.2 Å². The Hall–Kier alpha value is -2.13. The van der Waals surface area contributed by atoms with E-state index in [0.717, 1.165) is 48.7 Å². The van der Waals surface area contributed by atoms with Crippen LogP contribution in [-0.2, 0) is 11.2 Å². The van der Waals surface area contributed by atoms with Gasteiger partial charge >= 0.3 is 0 Å².